The molecule has 5 nitrogen and oxygen atoms in total. The zero-order valence-corrected chi connectivity index (χ0v) is 16.7. The summed E-state index contributed by atoms with van der Waals surface area (Å²) in [5, 5.41) is 0. The Kier molecular flexibility index (Phi) is 6.86. The number of carbonyl (C=O) groups excluding carboxylic acids is 2. The van der Waals surface area contributed by atoms with Gasteiger partial charge in [0.05, 0.1) is 5.56 Å². The minimum Gasteiger partial charge on any atom is -0.483 e. The van der Waals surface area contributed by atoms with E-state index in [-0.39, 0.29) is 29.9 Å². The number of aryl methyl sites for hydroxylation is 1. The van der Waals surface area contributed by atoms with Crippen LogP contribution in [0.4, 0.5) is 4.39 Å². The second-order valence-corrected chi connectivity index (χ2v) is 7.59. The third-order valence-electron chi connectivity index (χ3n) is 5.36. The van der Waals surface area contributed by atoms with Gasteiger partial charge >= 0.3 is 0 Å². The normalized spacial score (nSPS) is 14.4. The Morgan fingerprint density at radius 3 is 2.45 bits per heavy atom. The van der Waals surface area contributed by atoms with Crippen LogP contribution in [0.1, 0.15) is 53.6 Å². The van der Waals surface area contributed by atoms with Crippen molar-refractivity contribution in [2.24, 2.45) is 5.73 Å². The third kappa shape index (κ3) is 5.56. The number of halogens is 1. The fraction of sp³-hybridized carbons (Fsp3) is 0.391. The molecule has 0 saturated heterocycles. The number of amides is 2. The first-order valence-corrected chi connectivity index (χ1v) is 10.0. The largest absolute Gasteiger partial charge is 0.483 e. The molecular weight excluding hydrogens is 371 g/mol. The topological polar surface area (TPSA) is 72.6 Å². The van der Waals surface area contributed by atoms with E-state index < -0.39 is 5.91 Å². The van der Waals surface area contributed by atoms with Crippen LogP contribution >= 0.6 is 0 Å². The van der Waals surface area contributed by atoms with E-state index in [2.05, 4.69) is 0 Å². The van der Waals surface area contributed by atoms with Gasteiger partial charge in [-0.1, -0.05) is 37.5 Å². The maximum Gasteiger partial charge on any atom is 0.261 e. The molecule has 2 aromatic rings. The third-order valence-corrected chi connectivity index (χ3v) is 5.36. The molecule has 6 heteroatoms. The molecule has 29 heavy (non-hydrogen) atoms. The number of rotatable bonds is 7. The lowest BCUT2D eigenvalue weighted by atomic mass is 9.93. The maximum atomic E-state index is 13.2. The van der Waals surface area contributed by atoms with Crippen molar-refractivity contribution >= 4 is 11.8 Å². The molecule has 0 unspecified atom stereocenters. The van der Waals surface area contributed by atoms with Gasteiger partial charge in [-0.05, 0) is 55.2 Å². The lowest BCUT2D eigenvalue weighted by Crippen LogP contribution is -2.43. The van der Waals surface area contributed by atoms with Gasteiger partial charge in [0.25, 0.3) is 11.8 Å². The lowest BCUT2D eigenvalue weighted by molar-refractivity contribution is -0.137. The highest BCUT2D eigenvalue weighted by Gasteiger charge is 2.26. The van der Waals surface area contributed by atoms with E-state index in [0.717, 1.165) is 36.8 Å². The van der Waals surface area contributed by atoms with Gasteiger partial charge in [-0.15, -0.1) is 0 Å². The van der Waals surface area contributed by atoms with E-state index in [4.69, 9.17) is 10.5 Å². The van der Waals surface area contributed by atoms with Gasteiger partial charge in [-0.25, -0.2) is 4.39 Å². The minimum absolute atomic E-state index is 0.137. The van der Waals surface area contributed by atoms with Crippen molar-refractivity contribution in [2.45, 2.75) is 51.6 Å². The quantitative estimate of drug-likeness (QED) is 0.767. The Hall–Kier alpha value is -2.89. The van der Waals surface area contributed by atoms with Crippen molar-refractivity contribution in [2.75, 3.05) is 6.61 Å². The summed E-state index contributed by atoms with van der Waals surface area (Å²) in [4.78, 5) is 26.5. The van der Waals surface area contributed by atoms with Gasteiger partial charge < -0.3 is 15.4 Å². The molecule has 0 spiro atoms. The Bertz CT molecular complexity index is 861. The van der Waals surface area contributed by atoms with Crippen LogP contribution in [0.3, 0.4) is 0 Å². The van der Waals surface area contributed by atoms with Gasteiger partial charge in [-0.3, -0.25) is 9.59 Å². The molecule has 2 amide bonds. The highest BCUT2D eigenvalue weighted by Crippen LogP contribution is 2.25. The molecule has 0 atom stereocenters. The molecule has 0 heterocycles. The van der Waals surface area contributed by atoms with Crippen LogP contribution < -0.4 is 10.5 Å². The number of nitrogens with zero attached hydrogens (tertiary/aromatic N) is 1. The molecule has 1 aliphatic carbocycles. The monoisotopic (exact) mass is 398 g/mol. The fourth-order valence-electron chi connectivity index (χ4n) is 3.78. The highest BCUT2D eigenvalue weighted by atomic mass is 19.1. The molecule has 0 bridgehead atoms. The van der Waals surface area contributed by atoms with Crippen molar-refractivity contribution < 1.29 is 18.7 Å². The molecule has 2 aromatic carbocycles. The Balaban J connectivity index is 1.75. The number of hydrogen-bond donors (Lipinski definition) is 1. The van der Waals surface area contributed by atoms with E-state index in [9.17, 15) is 14.0 Å². The second-order valence-electron chi connectivity index (χ2n) is 7.59. The number of nitrogens with two attached hydrogens (primary N) is 1. The van der Waals surface area contributed by atoms with Crippen LogP contribution in [0, 0.1) is 12.7 Å². The molecule has 0 aromatic heterocycles. The van der Waals surface area contributed by atoms with E-state index in [0.29, 0.717) is 12.3 Å². The number of hydrogen-bond acceptors (Lipinski definition) is 3. The first kappa shape index (κ1) is 20.8. The average Bonchev–Trinajstić information content (AvgIpc) is 2.72. The first-order valence-electron chi connectivity index (χ1n) is 10.0. The summed E-state index contributed by atoms with van der Waals surface area (Å²) in [7, 11) is 0. The molecule has 0 radical (unpaired) electrons. The predicted octanol–water partition coefficient (Wildman–Crippen LogP) is 3.97. The van der Waals surface area contributed by atoms with Crippen molar-refractivity contribution in [1.29, 1.82) is 0 Å². The molecule has 3 rings (SSSR count). The average molecular weight is 398 g/mol. The first-order chi connectivity index (χ1) is 13.9. The lowest BCUT2D eigenvalue weighted by Gasteiger charge is -2.34. The number of benzene rings is 2. The van der Waals surface area contributed by atoms with Crippen molar-refractivity contribution in [1.82, 2.24) is 4.90 Å². The number of ether oxygens (including phenoxy) is 1. The summed E-state index contributed by atoms with van der Waals surface area (Å²) in [6.45, 7) is 2.10. The highest BCUT2D eigenvalue weighted by molar-refractivity contribution is 5.95. The molecular formula is C23H27FN2O3. The van der Waals surface area contributed by atoms with Gasteiger partial charge in [0.2, 0.25) is 0 Å². The van der Waals surface area contributed by atoms with Gasteiger partial charge in [0, 0.05) is 12.6 Å². The van der Waals surface area contributed by atoms with Gasteiger partial charge in [-0.2, -0.15) is 0 Å². The van der Waals surface area contributed by atoms with Crippen LogP contribution in [0.15, 0.2) is 42.5 Å². The minimum atomic E-state index is -0.595. The smallest absolute Gasteiger partial charge is 0.261 e. The summed E-state index contributed by atoms with van der Waals surface area (Å²) in [6.07, 6.45) is 5.25. The predicted molar refractivity (Wildman–Crippen MR) is 109 cm³/mol. The van der Waals surface area contributed by atoms with Crippen molar-refractivity contribution in [3.05, 3.63) is 65.0 Å². The summed E-state index contributed by atoms with van der Waals surface area (Å²) in [5.41, 5.74) is 7.46. The SMILES string of the molecule is Cc1ccc(C(N)=O)c(OCC(=O)N(Cc2ccc(F)cc2)C2CCCCC2)c1. The van der Waals surface area contributed by atoms with Crippen LogP contribution in [0.2, 0.25) is 0 Å². The number of primary amides is 1. The van der Waals surface area contributed by atoms with E-state index in [1.165, 1.54) is 18.6 Å². The van der Waals surface area contributed by atoms with Crippen LogP contribution in [-0.4, -0.2) is 29.4 Å². The van der Waals surface area contributed by atoms with Crippen molar-refractivity contribution in [3.63, 3.8) is 0 Å². The molecule has 0 aliphatic heterocycles. The Morgan fingerprint density at radius 1 is 1.10 bits per heavy atom. The van der Waals surface area contributed by atoms with Crippen molar-refractivity contribution in [3.8, 4) is 5.75 Å². The molecule has 2 N–H and O–H groups in total. The Morgan fingerprint density at radius 2 is 1.79 bits per heavy atom. The van der Waals surface area contributed by atoms with E-state index in [1.54, 1.807) is 30.3 Å². The van der Waals surface area contributed by atoms with Crippen LogP contribution in [0.25, 0.3) is 0 Å². The zero-order chi connectivity index (χ0) is 20.8. The zero-order valence-electron chi connectivity index (χ0n) is 16.7. The standard InChI is InChI=1S/C23H27FN2O3/c1-16-7-12-20(23(25)28)21(13-16)29-15-22(27)26(19-5-3-2-4-6-19)14-17-8-10-18(24)11-9-17/h7-13,19H,2-6,14-15H2,1H3,(H2,25,28). The summed E-state index contributed by atoms with van der Waals surface area (Å²) in [6, 6.07) is 11.4. The molecule has 154 valence electrons. The Labute approximate surface area is 170 Å². The summed E-state index contributed by atoms with van der Waals surface area (Å²) < 4.78 is 19.0. The molecule has 1 aliphatic rings. The fourth-order valence-corrected chi connectivity index (χ4v) is 3.78. The molecule has 1 saturated carbocycles. The molecule has 1 fully saturated rings. The summed E-state index contributed by atoms with van der Waals surface area (Å²) in [5.74, 6) is -0.733. The van der Waals surface area contributed by atoms with Crippen LogP contribution in [-0.2, 0) is 11.3 Å². The van der Waals surface area contributed by atoms with Gasteiger partial charge in [0.15, 0.2) is 6.61 Å². The second kappa shape index (κ2) is 9.54. The van der Waals surface area contributed by atoms with E-state index in [1.807, 2.05) is 11.8 Å². The number of carbonyl (C=O) groups is 2. The maximum absolute atomic E-state index is 13.2. The summed E-state index contributed by atoms with van der Waals surface area (Å²) >= 11 is 0. The van der Waals surface area contributed by atoms with Gasteiger partial charge in [0.1, 0.15) is 11.6 Å². The van der Waals surface area contributed by atoms with E-state index >= 15 is 0 Å². The van der Waals surface area contributed by atoms with Crippen LogP contribution in [0.5, 0.6) is 5.75 Å².